The third-order valence-electron chi connectivity index (χ3n) is 2.60. The van der Waals surface area contributed by atoms with Crippen molar-refractivity contribution in [1.82, 2.24) is 0 Å². The number of aliphatic hydroxyl groups excluding tert-OH is 1. The summed E-state index contributed by atoms with van der Waals surface area (Å²) in [7, 11) is -4.25. The Hall–Kier alpha value is -0.130. The molecule has 1 aliphatic rings. The van der Waals surface area contributed by atoms with E-state index in [9.17, 15) is 8.42 Å². The Morgan fingerprint density at radius 2 is 1.77 bits per heavy atom. The maximum Gasteiger partial charge on any atom is 0.291 e. The minimum absolute atomic E-state index is 0.179. The van der Waals surface area contributed by atoms with Crippen LogP contribution in [0.25, 0.3) is 0 Å². The van der Waals surface area contributed by atoms with Gasteiger partial charge in [0.1, 0.15) is 0 Å². The molecule has 0 spiro atoms. The van der Waals surface area contributed by atoms with Crippen molar-refractivity contribution in [3.63, 3.8) is 0 Å². The quantitative estimate of drug-likeness (QED) is 0.682. The molecule has 0 unspecified atom stereocenters. The maximum atomic E-state index is 10.5. The van der Waals surface area contributed by atoms with Crippen molar-refractivity contribution in [2.45, 2.75) is 44.0 Å². The van der Waals surface area contributed by atoms with Crippen LogP contribution in [0.15, 0.2) is 0 Å². The van der Waals surface area contributed by atoms with Gasteiger partial charge in [-0.25, -0.2) is 0 Å². The molecule has 1 aliphatic carbocycles. The average Bonchev–Trinajstić information content (AvgIpc) is 2.04. The van der Waals surface area contributed by atoms with Crippen molar-refractivity contribution in [1.29, 1.82) is 0 Å². The van der Waals surface area contributed by atoms with E-state index in [4.69, 9.17) is 9.66 Å². The van der Waals surface area contributed by atoms with Gasteiger partial charge in [0, 0.05) is 0 Å². The van der Waals surface area contributed by atoms with Crippen LogP contribution in [0.4, 0.5) is 0 Å². The molecular weight excluding hydrogens is 192 g/mol. The Labute approximate surface area is 78.7 Å². The van der Waals surface area contributed by atoms with E-state index in [0.29, 0.717) is 0 Å². The predicted octanol–water partition coefficient (Wildman–Crippen LogP) is 1.16. The Balaban J connectivity index is 2.39. The van der Waals surface area contributed by atoms with Crippen molar-refractivity contribution in [2.24, 2.45) is 5.92 Å². The van der Waals surface area contributed by atoms with Crippen LogP contribution in [0.5, 0.6) is 0 Å². The van der Waals surface area contributed by atoms with Crippen LogP contribution in [0.3, 0.4) is 0 Å². The van der Waals surface area contributed by atoms with Crippen LogP contribution in [0.1, 0.15) is 38.5 Å². The lowest BCUT2D eigenvalue weighted by Gasteiger charge is -2.22. The topological polar surface area (TPSA) is 74.6 Å². The molecule has 1 saturated carbocycles. The highest BCUT2D eigenvalue weighted by Crippen LogP contribution is 2.28. The van der Waals surface area contributed by atoms with Crippen molar-refractivity contribution < 1.29 is 18.1 Å². The van der Waals surface area contributed by atoms with E-state index in [-0.39, 0.29) is 12.3 Å². The molecule has 4 nitrogen and oxygen atoms in total. The van der Waals surface area contributed by atoms with Gasteiger partial charge in [-0.2, -0.15) is 8.42 Å². The first-order chi connectivity index (χ1) is 6.00. The third-order valence-corrected chi connectivity index (χ3v) is 3.48. The van der Waals surface area contributed by atoms with E-state index in [1.807, 2.05) is 0 Å². The predicted molar refractivity (Wildman–Crippen MR) is 48.7 cm³/mol. The Kier molecular flexibility index (Phi) is 3.70. The number of aliphatic hydroxyl groups is 1. The Bertz CT molecular complexity index is 241. The molecular formula is C8H16O4S. The minimum atomic E-state index is -4.25. The summed E-state index contributed by atoms with van der Waals surface area (Å²) in [6, 6.07) is 0. The molecule has 1 rings (SSSR count). The second-order valence-corrected chi connectivity index (χ2v) is 5.28. The molecule has 0 saturated heterocycles. The molecule has 13 heavy (non-hydrogen) atoms. The van der Waals surface area contributed by atoms with E-state index >= 15 is 0 Å². The highest BCUT2D eigenvalue weighted by atomic mass is 32.2. The van der Waals surface area contributed by atoms with Gasteiger partial charge in [-0.3, -0.25) is 4.55 Å². The van der Waals surface area contributed by atoms with Gasteiger partial charge in [0.25, 0.3) is 10.1 Å². The van der Waals surface area contributed by atoms with E-state index in [1.165, 1.54) is 6.42 Å². The summed E-state index contributed by atoms with van der Waals surface area (Å²) in [4.78, 5) is 0. The van der Waals surface area contributed by atoms with Crippen molar-refractivity contribution in [3.8, 4) is 0 Å². The minimum Gasteiger partial charge on any atom is -0.375 e. The first-order valence-electron chi connectivity index (χ1n) is 4.64. The zero-order valence-electron chi connectivity index (χ0n) is 7.52. The van der Waals surface area contributed by atoms with Crippen LogP contribution in [-0.2, 0) is 10.1 Å². The molecule has 0 radical (unpaired) electrons. The van der Waals surface area contributed by atoms with Crippen LogP contribution in [-0.4, -0.2) is 23.5 Å². The zero-order valence-corrected chi connectivity index (χ0v) is 8.33. The SMILES string of the molecule is O=S(=O)(O)[C@@H](O)CC1CCCCC1. The second-order valence-electron chi connectivity index (χ2n) is 3.71. The van der Waals surface area contributed by atoms with Gasteiger partial charge >= 0.3 is 0 Å². The lowest BCUT2D eigenvalue weighted by Crippen LogP contribution is -2.24. The summed E-state index contributed by atoms with van der Waals surface area (Å²) >= 11 is 0. The van der Waals surface area contributed by atoms with Gasteiger partial charge in [-0.1, -0.05) is 32.1 Å². The van der Waals surface area contributed by atoms with Crippen LogP contribution < -0.4 is 0 Å². The highest BCUT2D eigenvalue weighted by Gasteiger charge is 2.24. The fraction of sp³-hybridized carbons (Fsp3) is 1.00. The van der Waals surface area contributed by atoms with Crippen LogP contribution in [0.2, 0.25) is 0 Å². The van der Waals surface area contributed by atoms with E-state index in [1.54, 1.807) is 0 Å². The monoisotopic (exact) mass is 208 g/mol. The maximum absolute atomic E-state index is 10.5. The number of hydrogen-bond donors (Lipinski definition) is 2. The standard InChI is InChI=1S/C8H16O4S/c9-8(13(10,11)12)6-7-4-2-1-3-5-7/h7-9H,1-6H2,(H,10,11,12)/t8-/m1/s1. The summed E-state index contributed by atoms with van der Waals surface area (Å²) in [5.41, 5.74) is -1.59. The molecule has 78 valence electrons. The van der Waals surface area contributed by atoms with Crippen LogP contribution in [0, 0.1) is 5.92 Å². The van der Waals surface area contributed by atoms with E-state index in [0.717, 1.165) is 25.7 Å². The van der Waals surface area contributed by atoms with Crippen molar-refractivity contribution in [3.05, 3.63) is 0 Å². The fourth-order valence-electron chi connectivity index (χ4n) is 1.83. The van der Waals surface area contributed by atoms with Crippen molar-refractivity contribution >= 4 is 10.1 Å². The number of rotatable bonds is 3. The van der Waals surface area contributed by atoms with Gasteiger partial charge < -0.3 is 5.11 Å². The third kappa shape index (κ3) is 3.62. The molecule has 2 N–H and O–H groups in total. The Morgan fingerprint density at radius 1 is 1.23 bits per heavy atom. The van der Waals surface area contributed by atoms with Gasteiger partial charge in [0.2, 0.25) is 0 Å². The van der Waals surface area contributed by atoms with Gasteiger partial charge in [0.05, 0.1) is 0 Å². The zero-order chi connectivity index (χ0) is 9.90. The largest absolute Gasteiger partial charge is 0.375 e. The summed E-state index contributed by atoms with van der Waals surface area (Å²) < 4.78 is 29.6. The van der Waals surface area contributed by atoms with Crippen LogP contribution >= 0.6 is 0 Å². The molecule has 0 aliphatic heterocycles. The molecule has 1 atom stereocenters. The number of hydrogen-bond acceptors (Lipinski definition) is 3. The molecule has 0 aromatic rings. The van der Waals surface area contributed by atoms with E-state index < -0.39 is 15.6 Å². The first-order valence-corrected chi connectivity index (χ1v) is 6.15. The smallest absolute Gasteiger partial charge is 0.291 e. The first kappa shape index (κ1) is 10.9. The molecule has 5 heteroatoms. The Morgan fingerprint density at radius 3 is 2.23 bits per heavy atom. The molecule has 1 fully saturated rings. The van der Waals surface area contributed by atoms with Gasteiger partial charge in [0.15, 0.2) is 5.44 Å². The normalized spacial score (nSPS) is 22.9. The average molecular weight is 208 g/mol. The van der Waals surface area contributed by atoms with E-state index in [2.05, 4.69) is 0 Å². The molecule has 0 heterocycles. The highest BCUT2D eigenvalue weighted by molar-refractivity contribution is 7.86. The summed E-state index contributed by atoms with van der Waals surface area (Å²) in [6.45, 7) is 0. The van der Waals surface area contributed by atoms with Gasteiger partial charge in [-0.15, -0.1) is 0 Å². The molecule has 0 aromatic heterocycles. The molecule has 0 aromatic carbocycles. The fourth-order valence-corrected chi connectivity index (χ4v) is 2.34. The van der Waals surface area contributed by atoms with Crippen molar-refractivity contribution in [2.75, 3.05) is 0 Å². The molecule has 0 bridgehead atoms. The summed E-state index contributed by atoms with van der Waals surface area (Å²) in [5.74, 6) is 0.255. The van der Waals surface area contributed by atoms with Gasteiger partial charge in [-0.05, 0) is 12.3 Å². The lowest BCUT2D eigenvalue weighted by atomic mass is 9.87. The lowest BCUT2D eigenvalue weighted by molar-refractivity contribution is 0.182. The summed E-state index contributed by atoms with van der Waals surface area (Å²) in [6.07, 6.45) is 5.50. The second kappa shape index (κ2) is 4.39. The molecule has 0 amide bonds. The summed E-state index contributed by atoms with van der Waals surface area (Å²) in [5, 5.41) is 9.10.